The normalized spacial score (nSPS) is 11.0. The molecular weight excluding hydrogens is 320 g/mol. The summed E-state index contributed by atoms with van der Waals surface area (Å²) in [5.41, 5.74) is 4.25. The molecule has 0 aromatic heterocycles. The molecule has 2 nitrogen and oxygen atoms in total. The average Bonchev–Trinajstić information content (AvgIpc) is 2.62. The van der Waals surface area contributed by atoms with Crippen LogP contribution >= 0.6 is 0 Å². The number of rotatable bonds is 6. The molecule has 2 heteroatoms. The van der Waals surface area contributed by atoms with Crippen LogP contribution in [0.1, 0.15) is 27.7 Å². The summed E-state index contributed by atoms with van der Waals surface area (Å²) < 4.78 is 12.2. The van der Waals surface area contributed by atoms with Crippen LogP contribution in [-0.4, -0.2) is 12.2 Å². The first-order valence-corrected chi connectivity index (χ1v) is 9.09. The molecule has 133 valence electrons. The summed E-state index contributed by atoms with van der Waals surface area (Å²) in [6.45, 7) is 8.10. The van der Waals surface area contributed by atoms with Gasteiger partial charge in [-0.05, 0) is 44.9 Å². The van der Waals surface area contributed by atoms with Gasteiger partial charge in [-0.25, -0.2) is 0 Å². The van der Waals surface area contributed by atoms with Crippen LogP contribution in [-0.2, 0) is 0 Å². The molecule has 0 N–H and O–H groups in total. The second-order valence-corrected chi connectivity index (χ2v) is 6.82. The van der Waals surface area contributed by atoms with Crippen molar-refractivity contribution < 1.29 is 9.47 Å². The van der Waals surface area contributed by atoms with E-state index in [9.17, 15) is 0 Å². The van der Waals surface area contributed by atoms with Crippen molar-refractivity contribution in [2.75, 3.05) is 0 Å². The van der Waals surface area contributed by atoms with Gasteiger partial charge in [0.1, 0.15) is 11.5 Å². The topological polar surface area (TPSA) is 18.5 Å². The lowest BCUT2D eigenvalue weighted by Crippen LogP contribution is -2.10. The van der Waals surface area contributed by atoms with Crippen LogP contribution in [0.25, 0.3) is 22.3 Å². The van der Waals surface area contributed by atoms with E-state index in [4.69, 9.17) is 9.47 Å². The molecule has 0 fully saturated rings. The third-order valence-electron chi connectivity index (χ3n) is 3.88. The van der Waals surface area contributed by atoms with E-state index >= 15 is 0 Å². The van der Waals surface area contributed by atoms with Gasteiger partial charge in [0.25, 0.3) is 0 Å². The molecule has 0 amide bonds. The van der Waals surface area contributed by atoms with E-state index in [1.165, 1.54) is 0 Å². The highest BCUT2D eigenvalue weighted by molar-refractivity contribution is 5.81. The van der Waals surface area contributed by atoms with Gasteiger partial charge in [-0.3, -0.25) is 0 Å². The van der Waals surface area contributed by atoms with Crippen molar-refractivity contribution in [2.45, 2.75) is 39.9 Å². The maximum absolute atomic E-state index is 6.08. The van der Waals surface area contributed by atoms with Gasteiger partial charge >= 0.3 is 0 Å². The number of hydrogen-bond donors (Lipinski definition) is 0. The Morgan fingerprint density at radius 1 is 0.615 bits per heavy atom. The third kappa shape index (κ3) is 4.26. The van der Waals surface area contributed by atoms with E-state index in [1.54, 1.807) is 0 Å². The SMILES string of the molecule is CC(C)Oc1[c]c(OC(C)C)c(-c2ccccc2)cc1-c1ccccc1. The molecule has 0 bridgehead atoms. The van der Waals surface area contributed by atoms with E-state index in [0.29, 0.717) is 0 Å². The molecule has 0 saturated carbocycles. The molecule has 0 aliphatic heterocycles. The second-order valence-electron chi connectivity index (χ2n) is 6.82. The van der Waals surface area contributed by atoms with Gasteiger partial charge in [0.15, 0.2) is 0 Å². The first-order chi connectivity index (χ1) is 12.5. The van der Waals surface area contributed by atoms with Crippen LogP contribution < -0.4 is 9.47 Å². The maximum Gasteiger partial charge on any atom is 0.139 e. The maximum atomic E-state index is 6.08. The van der Waals surface area contributed by atoms with E-state index in [0.717, 1.165) is 33.8 Å². The highest BCUT2D eigenvalue weighted by Crippen LogP contribution is 2.41. The Hall–Kier alpha value is -2.74. The summed E-state index contributed by atoms with van der Waals surface area (Å²) in [7, 11) is 0. The van der Waals surface area contributed by atoms with E-state index in [1.807, 2.05) is 64.1 Å². The molecule has 0 heterocycles. The lowest BCUT2D eigenvalue weighted by Gasteiger charge is -2.20. The summed E-state index contributed by atoms with van der Waals surface area (Å²) in [6, 6.07) is 26.1. The fourth-order valence-corrected chi connectivity index (χ4v) is 2.83. The molecule has 0 saturated heterocycles. The van der Waals surface area contributed by atoms with Gasteiger partial charge in [-0.2, -0.15) is 0 Å². The molecule has 0 aliphatic rings. The summed E-state index contributed by atoms with van der Waals surface area (Å²) in [6.07, 6.45) is 0.117. The van der Waals surface area contributed by atoms with E-state index in [2.05, 4.69) is 36.4 Å². The van der Waals surface area contributed by atoms with Crippen molar-refractivity contribution >= 4 is 0 Å². The van der Waals surface area contributed by atoms with Crippen molar-refractivity contribution in [3.63, 3.8) is 0 Å². The Labute approximate surface area is 156 Å². The smallest absolute Gasteiger partial charge is 0.139 e. The average molecular weight is 345 g/mol. The quantitative estimate of drug-likeness (QED) is 0.515. The Morgan fingerprint density at radius 3 is 1.35 bits per heavy atom. The summed E-state index contributed by atoms with van der Waals surface area (Å²) in [5.74, 6) is 1.45. The number of ether oxygens (including phenoxy) is 2. The van der Waals surface area contributed by atoms with Gasteiger partial charge in [0.05, 0.1) is 18.3 Å². The predicted octanol–water partition coefficient (Wildman–Crippen LogP) is 6.40. The summed E-state index contributed by atoms with van der Waals surface area (Å²) >= 11 is 0. The molecular formula is C24H25O2. The molecule has 26 heavy (non-hydrogen) atoms. The molecule has 0 aliphatic carbocycles. The highest BCUT2D eigenvalue weighted by Gasteiger charge is 2.17. The van der Waals surface area contributed by atoms with Crippen LogP contribution in [0, 0.1) is 6.07 Å². The first kappa shape index (κ1) is 18.1. The lowest BCUT2D eigenvalue weighted by molar-refractivity contribution is 0.229. The molecule has 1 radical (unpaired) electrons. The minimum absolute atomic E-state index is 0.0585. The zero-order valence-corrected chi connectivity index (χ0v) is 15.8. The lowest BCUT2D eigenvalue weighted by atomic mass is 9.97. The van der Waals surface area contributed by atoms with Crippen LogP contribution in [0.15, 0.2) is 66.7 Å². The fourth-order valence-electron chi connectivity index (χ4n) is 2.83. The molecule has 3 aromatic rings. The van der Waals surface area contributed by atoms with Gasteiger partial charge in [0, 0.05) is 11.1 Å². The third-order valence-corrected chi connectivity index (χ3v) is 3.88. The van der Waals surface area contributed by atoms with Gasteiger partial charge < -0.3 is 9.47 Å². The van der Waals surface area contributed by atoms with Crippen LogP contribution in [0.5, 0.6) is 11.5 Å². The van der Waals surface area contributed by atoms with Crippen molar-refractivity contribution in [1.82, 2.24) is 0 Å². The minimum Gasteiger partial charge on any atom is -0.490 e. The second kappa shape index (κ2) is 8.09. The number of hydrogen-bond acceptors (Lipinski definition) is 2. The fraction of sp³-hybridized carbons (Fsp3) is 0.250. The molecule has 0 spiro atoms. The van der Waals surface area contributed by atoms with Crippen LogP contribution in [0.3, 0.4) is 0 Å². The standard InChI is InChI=1S/C24H25O2/c1-17(2)25-23-16-24(26-18(3)4)22(20-13-9-6-10-14-20)15-21(23)19-11-7-5-8-12-19/h5-15,17-18H,1-4H3. The molecule has 0 unspecified atom stereocenters. The summed E-state index contributed by atoms with van der Waals surface area (Å²) in [5, 5.41) is 0. The monoisotopic (exact) mass is 345 g/mol. The predicted molar refractivity (Wildman–Crippen MR) is 108 cm³/mol. The Morgan fingerprint density at radius 2 is 1.00 bits per heavy atom. The van der Waals surface area contributed by atoms with E-state index < -0.39 is 0 Å². The zero-order chi connectivity index (χ0) is 18.5. The summed E-state index contributed by atoms with van der Waals surface area (Å²) in [4.78, 5) is 0. The molecule has 0 atom stereocenters. The highest BCUT2D eigenvalue weighted by atomic mass is 16.5. The molecule has 3 rings (SSSR count). The largest absolute Gasteiger partial charge is 0.490 e. The van der Waals surface area contributed by atoms with Gasteiger partial charge in [-0.1, -0.05) is 60.7 Å². The van der Waals surface area contributed by atoms with Crippen molar-refractivity contribution in [2.24, 2.45) is 0 Å². The Balaban J connectivity index is 2.22. The van der Waals surface area contributed by atoms with Crippen molar-refractivity contribution in [3.8, 4) is 33.8 Å². The van der Waals surface area contributed by atoms with Crippen molar-refractivity contribution in [1.29, 1.82) is 0 Å². The van der Waals surface area contributed by atoms with Crippen LogP contribution in [0.2, 0.25) is 0 Å². The Bertz CT molecular complexity index is 768. The van der Waals surface area contributed by atoms with E-state index in [-0.39, 0.29) is 12.2 Å². The Kier molecular flexibility index (Phi) is 5.62. The van der Waals surface area contributed by atoms with Crippen molar-refractivity contribution in [3.05, 3.63) is 72.8 Å². The minimum atomic E-state index is 0.0585. The molecule has 3 aromatic carbocycles. The zero-order valence-electron chi connectivity index (χ0n) is 15.8. The van der Waals surface area contributed by atoms with Crippen LogP contribution in [0.4, 0.5) is 0 Å². The van der Waals surface area contributed by atoms with Gasteiger partial charge in [0.2, 0.25) is 0 Å². The number of benzene rings is 3. The first-order valence-electron chi connectivity index (χ1n) is 9.09. The van der Waals surface area contributed by atoms with Gasteiger partial charge in [-0.15, -0.1) is 0 Å².